The maximum Gasteiger partial charge on any atom is 0.119 e. The van der Waals surface area contributed by atoms with E-state index in [-0.39, 0.29) is 6.04 Å². The lowest BCUT2D eigenvalue weighted by atomic mass is 10.1. The van der Waals surface area contributed by atoms with Crippen LogP contribution in [-0.2, 0) is 0 Å². The Hall–Kier alpha value is -2.40. The molecule has 1 atom stereocenters. The number of ether oxygens (including phenoxy) is 1. The van der Waals surface area contributed by atoms with Gasteiger partial charge in [-0.25, -0.2) is 0 Å². The van der Waals surface area contributed by atoms with E-state index in [9.17, 15) is 0 Å². The first kappa shape index (κ1) is 15.0. The van der Waals surface area contributed by atoms with E-state index in [0.29, 0.717) is 0 Å². The van der Waals surface area contributed by atoms with E-state index >= 15 is 0 Å². The smallest absolute Gasteiger partial charge is 0.119 e. The molecule has 0 fully saturated rings. The molecular weight excluding hydrogens is 258 g/mol. The molecule has 2 nitrogen and oxygen atoms in total. The van der Waals surface area contributed by atoms with Crippen LogP contribution in [-0.4, -0.2) is 7.11 Å². The van der Waals surface area contributed by atoms with Crippen molar-refractivity contribution in [3.05, 3.63) is 60.2 Å². The minimum atomic E-state index is 0.00569. The number of methoxy groups -OCH3 is 1. The third kappa shape index (κ3) is 4.57. The molecule has 1 N–H and O–H groups in total. The van der Waals surface area contributed by atoms with Crippen LogP contribution in [0.25, 0.3) is 0 Å². The molecule has 0 amide bonds. The van der Waals surface area contributed by atoms with Gasteiger partial charge < -0.3 is 10.1 Å². The number of hydrogen-bond donors (Lipinski definition) is 1. The van der Waals surface area contributed by atoms with E-state index < -0.39 is 0 Å². The largest absolute Gasteiger partial charge is 0.497 e. The van der Waals surface area contributed by atoms with Crippen molar-refractivity contribution in [2.75, 3.05) is 12.4 Å². The molecule has 0 aliphatic carbocycles. The third-order valence-electron chi connectivity index (χ3n) is 3.16. The third-order valence-corrected chi connectivity index (χ3v) is 3.16. The highest BCUT2D eigenvalue weighted by Gasteiger charge is 2.07. The van der Waals surface area contributed by atoms with Crippen LogP contribution in [0.2, 0.25) is 0 Å². The van der Waals surface area contributed by atoms with Crippen molar-refractivity contribution in [1.29, 1.82) is 0 Å². The average Bonchev–Trinajstić information content (AvgIpc) is 2.55. The summed E-state index contributed by atoms with van der Waals surface area (Å²) in [5.74, 6) is 7.42. The van der Waals surface area contributed by atoms with Gasteiger partial charge in [-0.15, -0.1) is 5.92 Å². The van der Waals surface area contributed by atoms with Crippen molar-refractivity contribution in [1.82, 2.24) is 0 Å². The lowest BCUT2D eigenvalue weighted by Gasteiger charge is -2.15. The molecule has 0 saturated carbocycles. The van der Waals surface area contributed by atoms with Crippen LogP contribution in [0, 0.1) is 11.8 Å². The molecule has 0 aromatic heterocycles. The minimum absolute atomic E-state index is 0.00569. The quantitative estimate of drug-likeness (QED) is 0.804. The summed E-state index contributed by atoms with van der Waals surface area (Å²) >= 11 is 0. The minimum Gasteiger partial charge on any atom is -0.497 e. The second kappa shape index (κ2) is 8.01. The van der Waals surface area contributed by atoms with Gasteiger partial charge in [0.1, 0.15) is 11.8 Å². The molecule has 0 aliphatic heterocycles. The summed E-state index contributed by atoms with van der Waals surface area (Å²) in [4.78, 5) is 0. The van der Waals surface area contributed by atoms with Gasteiger partial charge in [-0.05, 0) is 36.2 Å². The zero-order valence-electron chi connectivity index (χ0n) is 12.6. The van der Waals surface area contributed by atoms with Crippen molar-refractivity contribution in [2.45, 2.75) is 25.8 Å². The summed E-state index contributed by atoms with van der Waals surface area (Å²) in [6.07, 6.45) is 2.00. The maximum absolute atomic E-state index is 5.18. The lowest BCUT2D eigenvalue weighted by Crippen LogP contribution is -2.08. The fourth-order valence-electron chi connectivity index (χ4n) is 2.00. The Bertz CT molecular complexity index is 593. The normalized spacial score (nSPS) is 11.1. The topological polar surface area (TPSA) is 21.3 Å². The highest BCUT2D eigenvalue weighted by atomic mass is 16.5. The first-order valence-corrected chi connectivity index (χ1v) is 7.27. The van der Waals surface area contributed by atoms with Gasteiger partial charge in [0.2, 0.25) is 0 Å². The molecule has 0 spiro atoms. The zero-order valence-corrected chi connectivity index (χ0v) is 12.6. The van der Waals surface area contributed by atoms with E-state index in [1.54, 1.807) is 7.11 Å². The number of rotatable bonds is 5. The van der Waals surface area contributed by atoms with Gasteiger partial charge in [0.05, 0.1) is 7.11 Å². The second-order valence-corrected chi connectivity index (χ2v) is 4.79. The van der Waals surface area contributed by atoms with Gasteiger partial charge in [0.15, 0.2) is 0 Å². The molecule has 21 heavy (non-hydrogen) atoms. The first-order chi connectivity index (χ1) is 10.3. The fourth-order valence-corrected chi connectivity index (χ4v) is 2.00. The van der Waals surface area contributed by atoms with E-state index in [2.05, 4.69) is 36.2 Å². The molecule has 0 saturated heterocycles. The molecule has 2 aromatic carbocycles. The monoisotopic (exact) mass is 279 g/mol. The van der Waals surface area contributed by atoms with Crippen molar-refractivity contribution < 1.29 is 4.74 Å². The summed E-state index contributed by atoms with van der Waals surface area (Å²) in [6.45, 7) is 2.14. The fraction of sp³-hybridized carbons (Fsp3) is 0.263. The molecular formula is C19H21NO. The molecule has 0 aliphatic rings. The zero-order chi connectivity index (χ0) is 14.9. The van der Waals surface area contributed by atoms with Gasteiger partial charge in [0.25, 0.3) is 0 Å². The Morgan fingerprint density at radius 1 is 1.05 bits per heavy atom. The van der Waals surface area contributed by atoms with Crippen LogP contribution >= 0.6 is 0 Å². The summed E-state index contributed by atoms with van der Waals surface area (Å²) in [7, 11) is 1.67. The Kier molecular flexibility index (Phi) is 5.72. The van der Waals surface area contributed by atoms with E-state index in [0.717, 1.165) is 24.3 Å². The molecule has 2 rings (SSSR count). The van der Waals surface area contributed by atoms with Crippen molar-refractivity contribution >= 4 is 5.69 Å². The van der Waals surface area contributed by atoms with Crippen LogP contribution in [0.4, 0.5) is 5.69 Å². The van der Waals surface area contributed by atoms with Crippen LogP contribution in [0.15, 0.2) is 54.6 Å². The molecule has 0 radical (unpaired) electrons. The Morgan fingerprint density at radius 2 is 1.76 bits per heavy atom. The van der Waals surface area contributed by atoms with Gasteiger partial charge in [-0.2, -0.15) is 0 Å². The molecule has 0 bridgehead atoms. The number of nitrogens with one attached hydrogen (secondary N) is 1. The van der Waals surface area contributed by atoms with Gasteiger partial charge in [0, 0.05) is 12.1 Å². The van der Waals surface area contributed by atoms with Crippen LogP contribution in [0.5, 0.6) is 5.75 Å². The van der Waals surface area contributed by atoms with E-state index in [1.807, 2.05) is 42.5 Å². The van der Waals surface area contributed by atoms with Crippen LogP contribution in [0.3, 0.4) is 0 Å². The van der Waals surface area contributed by atoms with Crippen molar-refractivity contribution in [3.8, 4) is 17.6 Å². The average molecular weight is 279 g/mol. The van der Waals surface area contributed by atoms with E-state index in [1.165, 1.54) is 5.56 Å². The van der Waals surface area contributed by atoms with Crippen LogP contribution < -0.4 is 10.1 Å². The van der Waals surface area contributed by atoms with Gasteiger partial charge in [-0.3, -0.25) is 0 Å². The summed E-state index contributed by atoms with van der Waals surface area (Å²) in [5, 5.41) is 3.48. The maximum atomic E-state index is 5.18. The molecule has 2 heteroatoms. The molecule has 0 unspecified atom stereocenters. The van der Waals surface area contributed by atoms with Gasteiger partial charge in [-0.1, -0.05) is 43.2 Å². The lowest BCUT2D eigenvalue weighted by molar-refractivity contribution is 0.415. The standard InChI is InChI=1S/C19H21NO/c1-3-4-6-11-19(16-9-7-5-8-10-16)20-17-12-14-18(21-2)15-13-17/h5,7-10,12-15,19-20H,3-4H2,1-2H3/t19-/m0/s1. The highest BCUT2D eigenvalue weighted by Crippen LogP contribution is 2.21. The highest BCUT2D eigenvalue weighted by molar-refractivity contribution is 5.50. The Balaban J connectivity index is 2.17. The predicted molar refractivity (Wildman–Crippen MR) is 88.5 cm³/mol. The predicted octanol–water partition coefficient (Wildman–Crippen LogP) is 4.65. The Labute approximate surface area is 127 Å². The molecule has 0 heterocycles. The summed E-state index contributed by atoms with van der Waals surface area (Å²) in [5.41, 5.74) is 2.22. The number of hydrogen-bond acceptors (Lipinski definition) is 2. The van der Waals surface area contributed by atoms with Crippen LogP contribution in [0.1, 0.15) is 31.4 Å². The van der Waals surface area contributed by atoms with E-state index in [4.69, 9.17) is 4.74 Å². The van der Waals surface area contributed by atoms with Gasteiger partial charge >= 0.3 is 0 Å². The van der Waals surface area contributed by atoms with Crippen molar-refractivity contribution in [2.24, 2.45) is 0 Å². The van der Waals surface area contributed by atoms with Crippen molar-refractivity contribution in [3.63, 3.8) is 0 Å². The SMILES string of the molecule is CCCC#C[C@H](Nc1ccc(OC)cc1)c1ccccc1. The number of unbranched alkanes of at least 4 members (excludes halogenated alkanes) is 1. The number of benzene rings is 2. The second-order valence-electron chi connectivity index (χ2n) is 4.79. The summed E-state index contributed by atoms with van der Waals surface area (Å²) in [6, 6.07) is 18.2. The number of anilines is 1. The summed E-state index contributed by atoms with van der Waals surface area (Å²) < 4.78 is 5.18. The molecule has 2 aromatic rings. The first-order valence-electron chi connectivity index (χ1n) is 7.27. The molecule has 108 valence electrons. The Morgan fingerprint density at radius 3 is 2.38 bits per heavy atom.